The third kappa shape index (κ3) is 4.64. The first kappa shape index (κ1) is 16.7. The molecular formula is C18H18FNO3. The molecule has 0 heterocycles. The molecule has 0 unspecified atom stereocenters. The molecule has 0 spiro atoms. The quantitative estimate of drug-likeness (QED) is 0.633. The molecule has 0 saturated carbocycles. The van der Waals surface area contributed by atoms with E-state index in [-0.39, 0.29) is 18.7 Å². The summed E-state index contributed by atoms with van der Waals surface area (Å²) < 4.78 is 13.5. The van der Waals surface area contributed by atoms with Gasteiger partial charge in [-0.2, -0.15) is 0 Å². The van der Waals surface area contributed by atoms with Crippen LogP contribution < -0.4 is 0 Å². The predicted molar refractivity (Wildman–Crippen MR) is 86.6 cm³/mol. The molecule has 0 aliphatic rings. The van der Waals surface area contributed by atoms with Crippen molar-refractivity contribution in [1.82, 2.24) is 0 Å². The molecule has 2 rings (SSSR count). The number of carbonyl (C=O) groups is 1. The number of nitrogens with zero attached hydrogens (tertiary/aromatic N) is 1. The Kier molecular flexibility index (Phi) is 5.46. The average Bonchev–Trinajstić information content (AvgIpc) is 2.51. The van der Waals surface area contributed by atoms with E-state index < -0.39 is 11.8 Å². The fourth-order valence-electron chi connectivity index (χ4n) is 2.16. The van der Waals surface area contributed by atoms with Crippen LogP contribution in [0.4, 0.5) is 4.39 Å². The van der Waals surface area contributed by atoms with Crippen molar-refractivity contribution in [2.75, 3.05) is 6.54 Å². The Labute approximate surface area is 133 Å². The zero-order chi connectivity index (χ0) is 16.8. The summed E-state index contributed by atoms with van der Waals surface area (Å²) in [6.45, 7) is 2.23. The number of phenols is 1. The predicted octanol–water partition coefficient (Wildman–Crippen LogP) is 3.54. The minimum atomic E-state index is -0.884. The number of carboxylic acid groups (broad SMARTS) is 1. The van der Waals surface area contributed by atoms with Crippen LogP contribution in [0.1, 0.15) is 29.5 Å². The number of halogens is 1. The summed E-state index contributed by atoms with van der Waals surface area (Å²) in [5.41, 5.74) is 2.56. The Hall–Kier alpha value is -2.69. The van der Waals surface area contributed by atoms with Crippen LogP contribution in [0.2, 0.25) is 0 Å². The zero-order valence-corrected chi connectivity index (χ0v) is 12.8. The van der Waals surface area contributed by atoms with E-state index in [2.05, 4.69) is 4.99 Å². The van der Waals surface area contributed by atoms with Crippen molar-refractivity contribution in [2.24, 2.45) is 4.99 Å². The summed E-state index contributed by atoms with van der Waals surface area (Å²) in [4.78, 5) is 15.0. The molecule has 2 aromatic rings. The number of benzene rings is 2. The number of aliphatic carboxylic acids is 1. The first-order valence-corrected chi connectivity index (χ1v) is 7.29. The minimum Gasteiger partial charge on any atom is -0.507 e. The van der Waals surface area contributed by atoms with E-state index in [0.717, 1.165) is 11.1 Å². The van der Waals surface area contributed by atoms with Crippen molar-refractivity contribution >= 4 is 11.7 Å². The fourth-order valence-corrected chi connectivity index (χ4v) is 2.16. The van der Waals surface area contributed by atoms with Crippen LogP contribution in [0.15, 0.2) is 47.5 Å². The number of aromatic hydroxyl groups is 1. The van der Waals surface area contributed by atoms with Gasteiger partial charge in [-0.15, -0.1) is 0 Å². The lowest BCUT2D eigenvalue weighted by Gasteiger charge is -2.10. The molecule has 0 amide bonds. The van der Waals surface area contributed by atoms with Crippen LogP contribution in [-0.2, 0) is 4.79 Å². The van der Waals surface area contributed by atoms with Gasteiger partial charge in [0.2, 0.25) is 0 Å². The second-order valence-electron chi connectivity index (χ2n) is 5.26. The molecule has 0 atom stereocenters. The minimum absolute atomic E-state index is 0.0137. The van der Waals surface area contributed by atoms with Crippen molar-refractivity contribution < 1.29 is 19.4 Å². The van der Waals surface area contributed by atoms with Crippen molar-refractivity contribution in [3.63, 3.8) is 0 Å². The number of aliphatic imine (C=N–C) groups is 1. The summed E-state index contributed by atoms with van der Waals surface area (Å²) in [5.74, 6) is -1.42. The van der Waals surface area contributed by atoms with Crippen molar-refractivity contribution in [2.45, 2.75) is 19.8 Å². The van der Waals surface area contributed by atoms with Gasteiger partial charge in [-0.05, 0) is 31.5 Å². The van der Waals surface area contributed by atoms with Crippen LogP contribution in [0.3, 0.4) is 0 Å². The van der Waals surface area contributed by atoms with Crippen LogP contribution in [0.5, 0.6) is 5.75 Å². The Morgan fingerprint density at radius 3 is 2.52 bits per heavy atom. The first-order valence-electron chi connectivity index (χ1n) is 7.29. The van der Waals surface area contributed by atoms with Crippen LogP contribution in [-0.4, -0.2) is 28.4 Å². The second kappa shape index (κ2) is 7.54. The molecule has 120 valence electrons. The lowest BCUT2D eigenvalue weighted by atomic mass is 10.00. The van der Waals surface area contributed by atoms with Crippen LogP contribution >= 0.6 is 0 Å². The summed E-state index contributed by atoms with van der Waals surface area (Å²) in [6, 6.07) is 11.2. The Morgan fingerprint density at radius 2 is 1.87 bits per heavy atom. The molecule has 5 heteroatoms. The average molecular weight is 315 g/mol. The maximum absolute atomic E-state index is 13.5. The summed E-state index contributed by atoms with van der Waals surface area (Å²) >= 11 is 0. The smallest absolute Gasteiger partial charge is 0.303 e. The van der Waals surface area contributed by atoms with E-state index in [1.165, 1.54) is 18.2 Å². The van der Waals surface area contributed by atoms with Crippen LogP contribution in [0.25, 0.3) is 0 Å². The molecule has 0 aliphatic heterocycles. The summed E-state index contributed by atoms with van der Waals surface area (Å²) in [7, 11) is 0. The van der Waals surface area contributed by atoms with Crippen molar-refractivity contribution in [3.05, 3.63) is 65.0 Å². The van der Waals surface area contributed by atoms with Gasteiger partial charge >= 0.3 is 5.97 Å². The van der Waals surface area contributed by atoms with Gasteiger partial charge in [-0.1, -0.05) is 29.8 Å². The highest BCUT2D eigenvalue weighted by atomic mass is 19.1. The molecule has 0 bridgehead atoms. The molecule has 4 nitrogen and oxygen atoms in total. The van der Waals surface area contributed by atoms with Gasteiger partial charge in [0.1, 0.15) is 11.6 Å². The summed E-state index contributed by atoms with van der Waals surface area (Å²) in [6.07, 6.45) is 0.389. The van der Waals surface area contributed by atoms with E-state index in [4.69, 9.17) is 5.11 Å². The normalized spacial score (nSPS) is 11.5. The van der Waals surface area contributed by atoms with Gasteiger partial charge in [0.15, 0.2) is 0 Å². The maximum atomic E-state index is 13.5. The lowest BCUT2D eigenvalue weighted by Crippen LogP contribution is -2.06. The molecule has 0 aliphatic carbocycles. The zero-order valence-electron chi connectivity index (χ0n) is 12.8. The molecule has 0 fully saturated rings. The SMILES string of the molecule is Cc1ccc(C(=NCCCC(=O)O)c2cc(F)ccc2O)cc1. The number of aryl methyl sites for hydroxylation is 1. The fraction of sp³-hybridized carbons (Fsp3) is 0.222. The number of hydrogen-bond acceptors (Lipinski definition) is 3. The standard InChI is InChI=1S/C18H18FNO3/c1-12-4-6-13(7-5-12)18(20-10-2-3-17(22)23)15-11-14(19)8-9-16(15)21/h4-9,11,21H,2-3,10H2,1H3,(H,22,23). The van der Waals surface area contributed by atoms with Gasteiger partial charge in [0.05, 0.1) is 5.71 Å². The van der Waals surface area contributed by atoms with E-state index in [9.17, 15) is 14.3 Å². The molecule has 23 heavy (non-hydrogen) atoms. The van der Waals surface area contributed by atoms with Crippen molar-refractivity contribution in [3.8, 4) is 5.75 Å². The van der Waals surface area contributed by atoms with Crippen LogP contribution in [0, 0.1) is 12.7 Å². The highest BCUT2D eigenvalue weighted by molar-refractivity contribution is 6.14. The Morgan fingerprint density at radius 1 is 1.17 bits per heavy atom. The third-order valence-corrected chi connectivity index (χ3v) is 3.36. The van der Waals surface area contributed by atoms with E-state index in [0.29, 0.717) is 17.7 Å². The number of carboxylic acids is 1. The highest BCUT2D eigenvalue weighted by Crippen LogP contribution is 2.23. The molecule has 0 radical (unpaired) electrons. The summed E-state index contributed by atoms with van der Waals surface area (Å²) in [5, 5.41) is 18.7. The maximum Gasteiger partial charge on any atom is 0.303 e. The van der Waals surface area contributed by atoms with Gasteiger partial charge < -0.3 is 10.2 Å². The molecule has 2 N–H and O–H groups in total. The topological polar surface area (TPSA) is 69.9 Å². The Balaban J connectivity index is 2.38. The first-order chi connectivity index (χ1) is 11.0. The molecule has 2 aromatic carbocycles. The lowest BCUT2D eigenvalue weighted by molar-refractivity contribution is -0.137. The number of rotatable bonds is 6. The van der Waals surface area contributed by atoms with E-state index in [1.807, 2.05) is 31.2 Å². The number of phenolic OH excluding ortho intramolecular Hbond substituents is 1. The van der Waals surface area contributed by atoms with Crippen molar-refractivity contribution in [1.29, 1.82) is 0 Å². The van der Waals surface area contributed by atoms with Gasteiger partial charge in [0.25, 0.3) is 0 Å². The largest absolute Gasteiger partial charge is 0.507 e. The van der Waals surface area contributed by atoms with Gasteiger partial charge in [-0.25, -0.2) is 4.39 Å². The van der Waals surface area contributed by atoms with Gasteiger partial charge in [0, 0.05) is 24.1 Å². The van der Waals surface area contributed by atoms with E-state index in [1.54, 1.807) is 0 Å². The molecule has 0 aromatic heterocycles. The second-order valence-corrected chi connectivity index (χ2v) is 5.26. The molecular weight excluding hydrogens is 297 g/mol. The Bertz CT molecular complexity index is 724. The van der Waals surface area contributed by atoms with E-state index >= 15 is 0 Å². The third-order valence-electron chi connectivity index (χ3n) is 3.36. The number of hydrogen-bond donors (Lipinski definition) is 2. The molecule has 0 saturated heterocycles. The van der Waals surface area contributed by atoms with Gasteiger partial charge in [-0.3, -0.25) is 9.79 Å². The highest BCUT2D eigenvalue weighted by Gasteiger charge is 2.13. The monoisotopic (exact) mass is 315 g/mol.